The van der Waals surface area contributed by atoms with Gasteiger partial charge in [-0.3, -0.25) is 11.3 Å². The topological polar surface area (TPSA) is 65.7 Å². The minimum absolute atomic E-state index is 0.0445. The highest BCUT2D eigenvalue weighted by atomic mass is 16.7. The summed E-state index contributed by atoms with van der Waals surface area (Å²) in [4.78, 5) is 0. The molecule has 0 radical (unpaired) electrons. The zero-order chi connectivity index (χ0) is 11.1. The number of rotatable bonds is 6. The third-order valence-corrected chi connectivity index (χ3v) is 2.94. The Labute approximate surface area is 91.2 Å². The van der Waals surface area contributed by atoms with Crippen molar-refractivity contribution in [3.05, 3.63) is 0 Å². The predicted octanol–water partition coefficient (Wildman–Crippen LogP) is 0.254. The van der Waals surface area contributed by atoms with Crippen LogP contribution in [0.15, 0.2) is 0 Å². The van der Waals surface area contributed by atoms with Gasteiger partial charge in [0.25, 0.3) is 0 Å². The van der Waals surface area contributed by atoms with Crippen LogP contribution in [0.3, 0.4) is 0 Å². The Balaban J connectivity index is 2.36. The highest BCUT2D eigenvalue weighted by Gasteiger charge is 2.24. The second-order valence-corrected chi connectivity index (χ2v) is 3.90. The maximum Gasteiger partial charge on any atom is 0.173 e. The lowest BCUT2D eigenvalue weighted by atomic mass is 9.92. The summed E-state index contributed by atoms with van der Waals surface area (Å²) in [6, 6.07) is 0.0445. The Morgan fingerprint density at radius 3 is 2.40 bits per heavy atom. The van der Waals surface area contributed by atoms with Crippen LogP contribution in [-0.4, -0.2) is 39.8 Å². The Kier molecular flexibility index (Phi) is 6.12. The Morgan fingerprint density at radius 2 is 1.93 bits per heavy atom. The van der Waals surface area contributed by atoms with Crippen LogP contribution < -0.4 is 11.3 Å². The summed E-state index contributed by atoms with van der Waals surface area (Å²) in [5.41, 5.74) is 2.76. The molecule has 1 aliphatic rings. The van der Waals surface area contributed by atoms with Gasteiger partial charge < -0.3 is 14.2 Å². The molecular weight excluding hydrogens is 196 g/mol. The summed E-state index contributed by atoms with van der Waals surface area (Å²) < 4.78 is 15.7. The molecule has 3 N–H and O–H groups in total. The fraction of sp³-hybridized carbons (Fsp3) is 1.00. The number of hydrogen-bond acceptors (Lipinski definition) is 5. The third-order valence-electron chi connectivity index (χ3n) is 2.94. The highest BCUT2D eigenvalue weighted by Crippen LogP contribution is 2.21. The van der Waals surface area contributed by atoms with Crippen molar-refractivity contribution in [3.8, 4) is 0 Å². The minimum atomic E-state index is -0.280. The van der Waals surface area contributed by atoms with Crippen molar-refractivity contribution >= 4 is 0 Å². The van der Waals surface area contributed by atoms with Gasteiger partial charge in [0.05, 0.1) is 6.04 Å². The SMILES string of the molecule is COC(OC)C(CC1CCOCC1)NN. The van der Waals surface area contributed by atoms with Gasteiger partial charge >= 0.3 is 0 Å². The van der Waals surface area contributed by atoms with Gasteiger partial charge in [-0.05, 0) is 25.2 Å². The van der Waals surface area contributed by atoms with E-state index in [2.05, 4.69) is 5.43 Å². The molecule has 1 rings (SSSR count). The maximum atomic E-state index is 5.50. The van der Waals surface area contributed by atoms with Gasteiger partial charge in [-0.1, -0.05) is 0 Å². The monoisotopic (exact) mass is 218 g/mol. The molecule has 0 aromatic carbocycles. The molecule has 0 aromatic rings. The molecule has 0 aromatic heterocycles. The smallest absolute Gasteiger partial charge is 0.173 e. The van der Waals surface area contributed by atoms with Crippen LogP contribution in [-0.2, 0) is 14.2 Å². The van der Waals surface area contributed by atoms with Crippen LogP contribution in [0.4, 0.5) is 0 Å². The molecule has 5 heteroatoms. The van der Waals surface area contributed by atoms with E-state index in [1.54, 1.807) is 14.2 Å². The molecule has 0 aliphatic carbocycles. The summed E-state index contributed by atoms with van der Waals surface area (Å²) in [6.07, 6.45) is 2.88. The number of nitrogens with two attached hydrogens (primary N) is 1. The van der Waals surface area contributed by atoms with Gasteiger partial charge in [-0.25, -0.2) is 0 Å². The first-order chi connectivity index (χ1) is 7.31. The average molecular weight is 218 g/mol. The molecule has 0 spiro atoms. The summed E-state index contributed by atoms with van der Waals surface area (Å²) in [7, 11) is 3.25. The first-order valence-electron chi connectivity index (χ1n) is 5.41. The van der Waals surface area contributed by atoms with Gasteiger partial charge in [0.15, 0.2) is 6.29 Å². The maximum absolute atomic E-state index is 5.50. The van der Waals surface area contributed by atoms with Gasteiger partial charge in [0, 0.05) is 27.4 Å². The number of nitrogens with one attached hydrogen (secondary N) is 1. The van der Waals surface area contributed by atoms with E-state index in [-0.39, 0.29) is 12.3 Å². The fourth-order valence-corrected chi connectivity index (χ4v) is 2.02. The second-order valence-electron chi connectivity index (χ2n) is 3.90. The minimum Gasteiger partial charge on any atom is -0.381 e. The zero-order valence-electron chi connectivity index (χ0n) is 9.57. The fourth-order valence-electron chi connectivity index (χ4n) is 2.02. The summed E-state index contributed by atoms with van der Waals surface area (Å²) in [5.74, 6) is 6.15. The van der Waals surface area contributed by atoms with Crippen molar-refractivity contribution in [3.63, 3.8) is 0 Å². The largest absolute Gasteiger partial charge is 0.381 e. The molecule has 1 unspecified atom stereocenters. The number of hydrogen-bond donors (Lipinski definition) is 2. The summed E-state index contributed by atoms with van der Waals surface area (Å²) >= 11 is 0. The van der Waals surface area contributed by atoms with Crippen molar-refractivity contribution < 1.29 is 14.2 Å². The van der Waals surface area contributed by atoms with Crippen LogP contribution in [0.5, 0.6) is 0 Å². The standard InChI is InChI=1S/C10H22N2O3/c1-13-10(14-2)9(12-11)7-8-3-5-15-6-4-8/h8-10,12H,3-7,11H2,1-2H3. The van der Waals surface area contributed by atoms with E-state index >= 15 is 0 Å². The van der Waals surface area contributed by atoms with Gasteiger partial charge in [0.2, 0.25) is 0 Å². The van der Waals surface area contributed by atoms with Crippen LogP contribution >= 0.6 is 0 Å². The summed E-state index contributed by atoms with van der Waals surface area (Å²) in [6.45, 7) is 1.71. The van der Waals surface area contributed by atoms with Crippen molar-refractivity contribution in [1.29, 1.82) is 0 Å². The molecule has 1 aliphatic heterocycles. The Hall–Kier alpha value is -0.200. The van der Waals surface area contributed by atoms with Gasteiger partial charge in [0.1, 0.15) is 0 Å². The number of hydrazine groups is 1. The molecule has 1 fully saturated rings. The van der Waals surface area contributed by atoms with E-state index in [0.717, 1.165) is 32.5 Å². The third kappa shape index (κ3) is 4.04. The quantitative estimate of drug-likeness (QED) is 0.380. The van der Waals surface area contributed by atoms with Gasteiger partial charge in [-0.2, -0.15) is 0 Å². The predicted molar refractivity (Wildman–Crippen MR) is 57.1 cm³/mol. The molecular formula is C10H22N2O3. The van der Waals surface area contributed by atoms with Crippen LogP contribution in [0.25, 0.3) is 0 Å². The van der Waals surface area contributed by atoms with E-state index in [4.69, 9.17) is 20.1 Å². The van der Waals surface area contributed by atoms with Crippen molar-refractivity contribution in [2.45, 2.75) is 31.6 Å². The first kappa shape index (κ1) is 12.9. The lowest BCUT2D eigenvalue weighted by Gasteiger charge is -2.29. The highest BCUT2D eigenvalue weighted by molar-refractivity contribution is 4.74. The molecule has 1 saturated heterocycles. The van der Waals surface area contributed by atoms with Gasteiger partial charge in [-0.15, -0.1) is 0 Å². The summed E-state index contributed by atoms with van der Waals surface area (Å²) in [5, 5.41) is 0. The van der Waals surface area contributed by atoms with Crippen LogP contribution in [0, 0.1) is 5.92 Å². The average Bonchev–Trinajstić information content (AvgIpc) is 2.30. The number of methoxy groups -OCH3 is 2. The molecule has 1 heterocycles. The Bertz CT molecular complexity index is 159. The first-order valence-corrected chi connectivity index (χ1v) is 5.41. The van der Waals surface area contributed by atoms with E-state index < -0.39 is 0 Å². The number of ether oxygens (including phenoxy) is 3. The van der Waals surface area contributed by atoms with E-state index in [0.29, 0.717) is 5.92 Å². The second kappa shape index (κ2) is 7.14. The zero-order valence-corrected chi connectivity index (χ0v) is 9.57. The molecule has 0 amide bonds. The van der Waals surface area contributed by atoms with Crippen LogP contribution in [0.1, 0.15) is 19.3 Å². The molecule has 1 atom stereocenters. The molecule has 15 heavy (non-hydrogen) atoms. The molecule has 5 nitrogen and oxygen atoms in total. The molecule has 90 valence electrons. The Morgan fingerprint density at radius 1 is 1.33 bits per heavy atom. The lowest BCUT2D eigenvalue weighted by molar-refractivity contribution is -0.127. The molecule has 0 saturated carbocycles. The van der Waals surface area contributed by atoms with Crippen molar-refractivity contribution in [2.75, 3.05) is 27.4 Å². The molecule has 0 bridgehead atoms. The van der Waals surface area contributed by atoms with Crippen molar-refractivity contribution in [2.24, 2.45) is 11.8 Å². The van der Waals surface area contributed by atoms with E-state index in [9.17, 15) is 0 Å². The van der Waals surface area contributed by atoms with Crippen molar-refractivity contribution in [1.82, 2.24) is 5.43 Å². The van der Waals surface area contributed by atoms with E-state index in [1.165, 1.54) is 0 Å². The lowest BCUT2D eigenvalue weighted by Crippen LogP contribution is -2.47. The van der Waals surface area contributed by atoms with E-state index in [1.807, 2.05) is 0 Å². The van der Waals surface area contributed by atoms with Crippen LogP contribution in [0.2, 0.25) is 0 Å². The normalized spacial score (nSPS) is 20.8.